The number of hydrogen-bond donors (Lipinski definition) is 1. The van der Waals surface area contributed by atoms with Gasteiger partial charge in [0, 0.05) is 19.7 Å². The molecule has 1 aliphatic heterocycles. The maximum Gasteiger partial charge on any atom is 0.258 e. The minimum Gasteiger partial charge on any atom is -0.475 e. The van der Waals surface area contributed by atoms with E-state index in [4.69, 9.17) is 9.47 Å². The molecule has 1 aromatic heterocycles. The fourth-order valence-electron chi connectivity index (χ4n) is 3.17. The van der Waals surface area contributed by atoms with Gasteiger partial charge in [-0.1, -0.05) is 6.92 Å². The summed E-state index contributed by atoms with van der Waals surface area (Å²) >= 11 is 0. The number of fused-ring (bicyclic) bond motifs is 1. The first-order valence-corrected chi connectivity index (χ1v) is 8.15. The van der Waals surface area contributed by atoms with Gasteiger partial charge in [-0.05, 0) is 37.8 Å². The standard InChI is InChI=1S/C17H23N3O3/c1-3-15(20-9-5-4-6-16(20)22-2)23-12-7-8-13-14(10-12)18-11-19-17(13)21/h7-8,10-11,15-16H,3-6,9H2,1-2H3,(H,18,19,21). The van der Waals surface area contributed by atoms with Crippen LogP contribution in [0.4, 0.5) is 0 Å². The second kappa shape index (κ2) is 7.10. The number of hydrogen-bond acceptors (Lipinski definition) is 5. The van der Waals surface area contributed by atoms with Crippen LogP contribution in [-0.4, -0.2) is 41.0 Å². The van der Waals surface area contributed by atoms with Gasteiger partial charge in [-0.2, -0.15) is 0 Å². The zero-order chi connectivity index (χ0) is 16.2. The highest BCUT2D eigenvalue weighted by molar-refractivity contribution is 5.78. The summed E-state index contributed by atoms with van der Waals surface area (Å²) in [6.45, 7) is 3.08. The third kappa shape index (κ3) is 3.38. The molecule has 124 valence electrons. The van der Waals surface area contributed by atoms with Gasteiger partial charge >= 0.3 is 0 Å². The SMILES string of the molecule is CCC(Oc1ccc2c(=O)[nH]cnc2c1)N1CCCCC1OC. The normalized spacial score (nSPS) is 20.5. The number of methoxy groups -OCH3 is 1. The van der Waals surface area contributed by atoms with Crippen LogP contribution < -0.4 is 10.3 Å². The molecular weight excluding hydrogens is 294 g/mol. The summed E-state index contributed by atoms with van der Waals surface area (Å²) in [6.07, 6.45) is 5.72. The Kier molecular flexibility index (Phi) is 4.93. The van der Waals surface area contributed by atoms with Gasteiger partial charge in [-0.25, -0.2) is 9.88 Å². The molecule has 1 N–H and O–H groups in total. The quantitative estimate of drug-likeness (QED) is 0.917. The van der Waals surface area contributed by atoms with Crippen LogP contribution in [0.1, 0.15) is 32.6 Å². The lowest BCUT2D eigenvalue weighted by atomic mass is 10.1. The number of nitrogens with zero attached hydrogens (tertiary/aromatic N) is 2. The average molecular weight is 317 g/mol. The Labute approximate surface area is 135 Å². The lowest BCUT2D eigenvalue weighted by molar-refractivity contribution is -0.125. The number of ether oxygens (including phenoxy) is 2. The van der Waals surface area contributed by atoms with Gasteiger partial charge in [-0.15, -0.1) is 0 Å². The number of aromatic amines is 1. The molecule has 0 saturated carbocycles. The number of nitrogens with one attached hydrogen (secondary N) is 1. The molecule has 6 heteroatoms. The number of rotatable bonds is 5. The first-order chi connectivity index (χ1) is 11.2. The zero-order valence-corrected chi connectivity index (χ0v) is 13.6. The van der Waals surface area contributed by atoms with Gasteiger partial charge in [0.05, 0.1) is 17.2 Å². The number of aromatic nitrogens is 2. The molecule has 0 aliphatic carbocycles. The van der Waals surface area contributed by atoms with E-state index in [0.29, 0.717) is 10.9 Å². The van der Waals surface area contributed by atoms with Gasteiger partial charge in [0.25, 0.3) is 5.56 Å². The van der Waals surface area contributed by atoms with Crippen LogP contribution in [0.3, 0.4) is 0 Å². The third-order valence-corrected chi connectivity index (χ3v) is 4.36. The van der Waals surface area contributed by atoms with E-state index in [0.717, 1.165) is 31.6 Å². The Morgan fingerprint density at radius 2 is 2.30 bits per heavy atom. The highest BCUT2D eigenvalue weighted by atomic mass is 16.5. The minimum absolute atomic E-state index is 0.0419. The maximum absolute atomic E-state index is 11.7. The predicted octanol–water partition coefficient (Wildman–Crippen LogP) is 2.50. The van der Waals surface area contributed by atoms with Crippen molar-refractivity contribution in [3.8, 4) is 5.75 Å². The first kappa shape index (κ1) is 16.0. The van der Waals surface area contributed by atoms with Crippen molar-refractivity contribution < 1.29 is 9.47 Å². The van der Waals surface area contributed by atoms with Gasteiger partial charge in [0.2, 0.25) is 0 Å². The fraction of sp³-hybridized carbons (Fsp3) is 0.529. The summed E-state index contributed by atoms with van der Waals surface area (Å²) in [7, 11) is 1.75. The molecule has 0 bridgehead atoms. The number of H-pyrrole nitrogens is 1. The van der Waals surface area contributed by atoms with Crippen LogP contribution >= 0.6 is 0 Å². The third-order valence-electron chi connectivity index (χ3n) is 4.36. The van der Waals surface area contributed by atoms with Gasteiger partial charge in [-0.3, -0.25) is 4.79 Å². The van der Waals surface area contributed by atoms with Crippen molar-refractivity contribution in [1.29, 1.82) is 0 Å². The van der Waals surface area contributed by atoms with Crippen molar-refractivity contribution in [1.82, 2.24) is 14.9 Å². The Balaban J connectivity index is 1.82. The lowest BCUT2D eigenvalue weighted by Gasteiger charge is -2.39. The minimum atomic E-state index is -0.135. The largest absolute Gasteiger partial charge is 0.475 e. The molecule has 1 saturated heterocycles. The van der Waals surface area contributed by atoms with E-state index in [2.05, 4.69) is 21.8 Å². The molecular formula is C17H23N3O3. The van der Waals surface area contributed by atoms with E-state index in [-0.39, 0.29) is 18.0 Å². The first-order valence-electron chi connectivity index (χ1n) is 8.15. The van der Waals surface area contributed by atoms with E-state index in [9.17, 15) is 4.79 Å². The molecule has 6 nitrogen and oxygen atoms in total. The summed E-state index contributed by atoms with van der Waals surface area (Å²) in [5.74, 6) is 0.725. The monoisotopic (exact) mass is 317 g/mol. The van der Waals surface area contributed by atoms with Crippen molar-refractivity contribution >= 4 is 10.9 Å². The Morgan fingerprint density at radius 1 is 1.43 bits per heavy atom. The maximum atomic E-state index is 11.7. The smallest absolute Gasteiger partial charge is 0.258 e. The number of likely N-dealkylation sites (tertiary alicyclic amines) is 1. The van der Waals surface area contributed by atoms with E-state index in [1.54, 1.807) is 13.2 Å². The van der Waals surface area contributed by atoms with E-state index in [1.807, 2.05) is 12.1 Å². The lowest BCUT2D eigenvalue weighted by Crippen LogP contribution is -2.49. The molecule has 2 aromatic rings. The van der Waals surface area contributed by atoms with Gasteiger partial charge < -0.3 is 14.5 Å². The van der Waals surface area contributed by atoms with Crippen LogP contribution in [0.15, 0.2) is 29.3 Å². The Morgan fingerprint density at radius 3 is 3.09 bits per heavy atom. The highest BCUT2D eigenvalue weighted by Gasteiger charge is 2.29. The molecule has 1 aromatic carbocycles. The number of benzene rings is 1. The van der Waals surface area contributed by atoms with Crippen molar-refractivity contribution in [2.24, 2.45) is 0 Å². The molecule has 2 unspecified atom stereocenters. The molecule has 0 spiro atoms. The van der Waals surface area contributed by atoms with E-state index >= 15 is 0 Å². The molecule has 3 rings (SSSR count). The van der Waals surface area contributed by atoms with Crippen molar-refractivity contribution in [3.05, 3.63) is 34.9 Å². The van der Waals surface area contributed by atoms with Crippen LogP contribution in [-0.2, 0) is 4.74 Å². The van der Waals surface area contributed by atoms with Crippen molar-refractivity contribution in [2.45, 2.75) is 45.1 Å². The summed E-state index contributed by atoms with van der Waals surface area (Å²) in [4.78, 5) is 20.8. The van der Waals surface area contributed by atoms with Crippen LogP contribution in [0.2, 0.25) is 0 Å². The molecule has 0 radical (unpaired) electrons. The summed E-state index contributed by atoms with van der Waals surface area (Å²) in [5.41, 5.74) is 0.507. The molecule has 2 heterocycles. The van der Waals surface area contributed by atoms with Gasteiger partial charge in [0.1, 0.15) is 12.0 Å². The molecule has 1 aliphatic rings. The molecule has 0 amide bonds. The van der Waals surface area contributed by atoms with Crippen molar-refractivity contribution in [2.75, 3.05) is 13.7 Å². The summed E-state index contributed by atoms with van der Waals surface area (Å²) < 4.78 is 11.8. The predicted molar refractivity (Wildman–Crippen MR) is 88.4 cm³/mol. The summed E-state index contributed by atoms with van der Waals surface area (Å²) in [6, 6.07) is 5.40. The second-order valence-electron chi connectivity index (χ2n) is 5.82. The van der Waals surface area contributed by atoms with E-state index in [1.165, 1.54) is 12.7 Å². The average Bonchev–Trinajstić information content (AvgIpc) is 2.60. The molecule has 23 heavy (non-hydrogen) atoms. The summed E-state index contributed by atoms with van der Waals surface area (Å²) in [5, 5.41) is 0.570. The molecule has 2 atom stereocenters. The van der Waals surface area contributed by atoms with Crippen LogP contribution in [0.25, 0.3) is 10.9 Å². The number of piperidine rings is 1. The highest BCUT2D eigenvalue weighted by Crippen LogP contribution is 2.25. The zero-order valence-electron chi connectivity index (χ0n) is 13.6. The second-order valence-corrected chi connectivity index (χ2v) is 5.82. The van der Waals surface area contributed by atoms with E-state index < -0.39 is 0 Å². The van der Waals surface area contributed by atoms with Crippen LogP contribution in [0, 0.1) is 0 Å². The van der Waals surface area contributed by atoms with Crippen LogP contribution in [0.5, 0.6) is 5.75 Å². The molecule has 1 fully saturated rings. The fourth-order valence-corrected chi connectivity index (χ4v) is 3.17. The van der Waals surface area contributed by atoms with Gasteiger partial charge in [0.15, 0.2) is 6.23 Å². The Hall–Kier alpha value is -1.92. The Bertz CT molecular complexity index is 716. The van der Waals surface area contributed by atoms with Crippen molar-refractivity contribution in [3.63, 3.8) is 0 Å². The topological polar surface area (TPSA) is 67.5 Å².